The lowest BCUT2D eigenvalue weighted by Crippen LogP contribution is -2.44. The molecule has 2 rings (SSSR count). The highest BCUT2D eigenvalue weighted by molar-refractivity contribution is 5.75. The van der Waals surface area contributed by atoms with Crippen LogP contribution in [-0.4, -0.2) is 80.8 Å². The molecule has 61 heavy (non-hydrogen) atoms. The predicted molar refractivity (Wildman–Crippen MR) is 250 cm³/mol. The number of carbonyl (C=O) groups is 3. The van der Waals surface area contributed by atoms with E-state index in [9.17, 15) is 14.4 Å². The van der Waals surface area contributed by atoms with Crippen molar-refractivity contribution in [2.24, 2.45) is 11.8 Å². The Hall–Kier alpha value is -1.71. The van der Waals surface area contributed by atoms with Gasteiger partial charge in [0.15, 0.2) is 11.9 Å². The van der Waals surface area contributed by atoms with Crippen LogP contribution in [0.15, 0.2) is 0 Å². The fourth-order valence-electron chi connectivity index (χ4n) is 9.16. The highest BCUT2D eigenvalue weighted by Gasteiger charge is 2.46. The van der Waals surface area contributed by atoms with Crippen LogP contribution in [0, 0.1) is 11.8 Å². The van der Waals surface area contributed by atoms with Gasteiger partial charge in [-0.2, -0.15) is 0 Å². The minimum Gasteiger partial charge on any atom is -0.466 e. The molecule has 9 nitrogen and oxygen atoms in total. The third-order valence-corrected chi connectivity index (χ3v) is 13.4. The first-order valence-corrected chi connectivity index (χ1v) is 26.3. The van der Waals surface area contributed by atoms with Gasteiger partial charge in [-0.1, -0.05) is 169 Å². The van der Waals surface area contributed by atoms with Crippen molar-refractivity contribution in [1.29, 1.82) is 0 Å². The Morgan fingerprint density at radius 1 is 0.541 bits per heavy atom. The third-order valence-electron chi connectivity index (χ3n) is 13.4. The van der Waals surface area contributed by atoms with E-state index >= 15 is 0 Å². The summed E-state index contributed by atoms with van der Waals surface area (Å²) < 4.78 is 29.8. The lowest BCUT2D eigenvalue weighted by atomic mass is 9.92. The lowest BCUT2D eigenvalue weighted by molar-refractivity contribution is -0.202. The molecular formula is C52H97NO8. The monoisotopic (exact) mass is 864 g/mol. The van der Waals surface area contributed by atoms with E-state index in [1.54, 1.807) is 0 Å². The second kappa shape index (κ2) is 36.6. The maximum absolute atomic E-state index is 13.4. The summed E-state index contributed by atoms with van der Waals surface area (Å²) in [4.78, 5) is 40.6. The lowest BCUT2D eigenvalue weighted by Gasteiger charge is -2.36. The molecule has 0 amide bonds. The van der Waals surface area contributed by atoms with Crippen molar-refractivity contribution in [3.8, 4) is 0 Å². The first-order valence-electron chi connectivity index (χ1n) is 26.3. The van der Waals surface area contributed by atoms with Gasteiger partial charge in [0.25, 0.3) is 0 Å². The molecule has 0 radical (unpaired) electrons. The van der Waals surface area contributed by atoms with E-state index in [-0.39, 0.29) is 30.6 Å². The van der Waals surface area contributed by atoms with Crippen molar-refractivity contribution in [1.82, 2.24) is 4.90 Å². The van der Waals surface area contributed by atoms with Gasteiger partial charge in [-0.25, -0.2) is 4.79 Å². The van der Waals surface area contributed by atoms with Gasteiger partial charge in [0.05, 0.1) is 19.8 Å². The van der Waals surface area contributed by atoms with Gasteiger partial charge in [-0.15, -0.1) is 0 Å². The first kappa shape index (κ1) is 55.4. The van der Waals surface area contributed by atoms with E-state index in [2.05, 4.69) is 39.6 Å². The number of carbonyl (C=O) groups excluding carboxylic acids is 3. The van der Waals surface area contributed by atoms with Gasteiger partial charge in [0, 0.05) is 38.8 Å². The highest BCUT2D eigenvalue weighted by Crippen LogP contribution is 2.34. The summed E-state index contributed by atoms with van der Waals surface area (Å²) in [7, 11) is 2.10. The molecule has 1 spiro atoms. The Kier molecular flexibility index (Phi) is 33.3. The van der Waals surface area contributed by atoms with Crippen LogP contribution < -0.4 is 0 Å². The van der Waals surface area contributed by atoms with Crippen molar-refractivity contribution >= 4 is 17.9 Å². The molecule has 0 aliphatic carbocycles. The maximum atomic E-state index is 13.4. The van der Waals surface area contributed by atoms with Crippen LogP contribution >= 0.6 is 0 Å². The molecule has 0 unspecified atom stereocenters. The molecule has 1 atom stereocenters. The molecule has 2 aliphatic rings. The van der Waals surface area contributed by atoms with Gasteiger partial charge in [-0.05, 0) is 70.3 Å². The largest absolute Gasteiger partial charge is 0.466 e. The van der Waals surface area contributed by atoms with Crippen LogP contribution in [0.5, 0.6) is 0 Å². The summed E-state index contributed by atoms with van der Waals surface area (Å²) in [5.74, 6) is 0.308. The SMILES string of the molecule is CCCCCC(CCCCC)CCOC(=O)CCCCCCCC(CCCCCCCC(=O)OCCC(CCCCC)CCCCC)OC(=O)[C@@H]1COC2(CCN(C)CC2)O1. The second-order valence-corrected chi connectivity index (χ2v) is 19.0. The number of nitrogens with zero attached hydrogens (tertiary/aromatic N) is 1. The Morgan fingerprint density at radius 3 is 1.36 bits per heavy atom. The highest BCUT2D eigenvalue weighted by atomic mass is 16.8. The molecular weight excluding hydrogens is 767 g/mol. The topological polar surface area (TPSA) is 101 Å². The molecule has 0 N–H and O–H groups in total. The van der Waals surface area contributed by atoms with Crippen molar-refractivity contribution in [2.75, 3.05) is 40.0 Å². The quantitative estimate of drug-likeness (QED) is 0.0338. The summed E-state index contributed by atoms with van der Waals surface area (Å²) in [6.07, 6.45) is 35.6. The van der Waals surface area contributed by atoms with E-state index in [1.807, 2.05) is 0 Å². The molecule has 0 saturated carbocycles. The number of rotatable bonds is 40. The summed E-state index contributed by atoms with van der Waals surface area (Å²) >= 11 is 0. The summed E-state index contributed by atoms with van der Waals surface area (Å²) in [6.45, 7) is 12.2. The fraction of sp³-hybridized carbons (Fsp3) is 0.942. The molecule has 9 heteroatoms. The average Bonchev–Trinajstić information content (AvgIpc) is 3.67. The van der Waals surface area contributed by atoms with Crippen LogP contribution in [0.2, 0.25) is 0 Å². The predicted octanol–water partition coefficient (Wildman–Crippen LogP) is 13.6. The number of ether oxygens (including phenoxy) is 5. The van der Waals surface area contributed by atoms with E-state index in [0.29, 0.717) is 37.9 Å². The van der Waals surface area contributed by atoms with Crippen LogP contribution in [0.1, 0.15) is 246 Å². The zero-order valence-electron chi connectivity index (χ0n) is 40.6. The Labute approximate surface area is 375 Å². The Morgan fingerprint density at radius 2 is 0.934 bits per heavy atom. The van der Waals surface area contributed by atoms with E-state index < -0.39 is 11.9 Å². The minimum absolute atomic E-state index is 0.0531. The Bertz CT molecular complexity index is 1000. The molecule has 0 aromatic carbocycles. The normalized spacial score (nSPS) is 16.6. The number of esters is 3. The van der Waals surface area contributed by atoms with E-state index in [1.165, 1.54) is 103 Å². The number of unbranched alkanes of at least 4 members (excludes halogenated alkanes) is 16. The van der Waals surface area contributed by atoms with Crippen molar-refractivity contribution in [2.45, 2.75) is 264 Å². The van der Waals surface area contributed by atoms with Crippen LogP contribution in [0.4, 0.5) is 0 Å². The summed E-state index contributed by atoms with van der Waals surface area (Å²) in [5.41, 5.74) is 0. The average molecular weight is 864 g/mol. The molecule has 358 valence electrons. The smallest absolute Gasteiger partial charge is 0.338 e. The van der Waals surface area contributed by atoms with Gasteiger partial charge in [0.1, 0.15) is 6.10 Å². The van der Waals surface area contributed by atoms with E-state index in [0.717, 1.165) is 116 Å². The fourth-order valence-corrected chi connectivity index (χ4v) is 9.16. The molecule has 2 heterocycles. The molecule has 2 saturated heterocycles. The zero-order valence-corrected chi connectivity index (χ0v) is 40.6. The Balaban J connectivity index is 1.68. The standard InChI is InChI=1S/C52H97NO8/c1-6-10-20-28-45(29-21-11-7-2)36-42-57-49(54)34-26-18-14-16-24-32-47(60-51(56)48-44-59-52(61-48)38-40-53(5)41-39-52)33-25-17-15-19-27-35-50(55)58-43-37-46(30-22-12-8-3)31-23-13-9-4/h45-48H,6-44H2,1-5H3/t48-/m0/s1. The van der Waals surface area contributed by atoms with Crippen LogP contribution in [0.3, 0.4) is 0 Å². The third kappa shape index (κ3) is 28.0. The number of hydrogen-bond donors (Lipinski definition) is 0. The van der Waals surface area contributed by atoms with Crippen molar-refractivity contribution < 1.29 is 38.1 Å². The van der Waals surface area contributed by atoms with Crippen LogP contribution in [-0.2, 0) is 38.1 Å². The van der Waals surface area contributed by atoms with Crippen molar-refractivity contribution in [3.05, 3.63) is 0 Å². The zero-order chi connectivity index (χ0) is 44.2. The summed E-state index contributed by atoms with van der Waals surface area (Å²) in [6, 6.07) is 0. The number of hydrogen-bond acceptors (Lipinski definition) is 9. The molecule has 0 bridgehead atoms. The number of likely N-dealkylation sites (tertiary alicyclic amines) is 1. The van der Waals surface area contributed by atoms with Crippen molar-refractivity contribution in [3.63, 3.8) is 0 Å². The van der Waals surface area contributed by atoms with Gasteiger partial charge < -0.3 is 28.6 Å². The maximum Gasteiger partial charge on any atom is 0.338 e. The molecule has 2 aliphatic heterocycles. The first-order chi connectivity index (χ1) is 29.7. The minimum atomic E-state index is -0.661. The van der Waals surface area contributed by atoms with Gasteiger partial charge in [0.2, 0.25) is 0 Å². The summed E-state index contributed by atoms with van der Waals surface area (Å²) in [5, 5.41) is 0. The molecule has 0 aromatic heterocycles. The van der Waals surface area contributed by atoms with Crippen LogP contribution in [0.25, 0.3) is 0 Å². The van der Waals surface area contributed by atoms with Gasteiger partial charge in [-0.3, -0.25) is 9.59 Å². The molecule has 0 aromatic rings. The molecule has 2 fully saturated rings. The second-order valence-electron chi connectivity index (χ2n) is 19.0. The van der Waals surface area contributed by atoms with Gasteiger partial charge >= 0.3 is 17.9 Å². The number of piperidine rings is 1. The van der Waals surface area contributed by atoms with E-state index in [4.69, 9.17) is 23.7 Å².